The summed E-state index contributed by atoms with van der Waals surface area (Å²) in [6.07, 6.45) is 4.59. The van der Waals surface area contributed by atoms with Crippen LogP contribution in [0.3, 0.4) is 0 Å². The Bertz CT molecular complexity index is 403. The van der Waals surface area contributed by atoms with Crippen LogP contribution < -0.4 is 4.74 Å². The van der Waals surface area contributed by atoms with Gasteiger partial charge in [0.25, 0.3) is 0 Å². The summed E-state index contributed by atoms with van der Waals surface area (Å²) in [5.74, 6) is 0.764. The third-order valence-electron chi connectivity index (χ3n) is 3.52. The first kappa shape index (κ1) is 12.2. The minimum atomic E-state index is -0.122. The first-order valence-corrected chi connectivity index (χ1v) is 6.64. The molecule has 3 heterocycles. The first-order chi connectivity index (χ1) is 8.76. The average Bonchev–Trinajstić information content (AvgIpc) is 2.80. The van der Waals surface area contributed by atoms with E-state index in [0.29, 0.717) is 11.8 Å². The van der Waals surface area contributed by atoms with Gasteiger partial charge in [0.15, 0.2) is 0 Å². The van der Waals surface area contributed by atoms with Gasteiger partial charge in [-0.2, -0.15) is 0 Å². The molecule has 0 bridgehead atoms. The molecule has 0 amide bonds. The number of hydrogen-bond acceptors (Lipinski definition) is 4. The Morgan fingerprint density at radius 3 is 3.06 bits per heavy atom. The second kappa shape index (κ2) is 5.03. The van der Waals surface area contributed by atoms with Crippen LogP contribution in [0.4, 0.5) is 0 Å². The molecule has 0 radical (unpaired) electrons. The van der Waals surface area contributed by atoms with Gasteiger partial charge in [0.2, 0.25) is 0 Å². The van der Waals surface area contributed by atoms with Crippen LogP contribution in [0, 0.1) is 0 Å². The molecule has 1 aromatic heterocycles. The third-order valence-corrected chi connectivity index (χ3v) is 3.74. The molecule has 0 aliphatic carbocycles. The maximum absolute atomic E-state index is 5.94. The van der Waals surface area contributed by atoms with Crippen molar-refractivity contribution in [1.82, 2.24) is 4.98 Å². The zero-order valence-electron chi connectivity index (χ0n) is 10.1. The molecule has 4 nitrogen and oxygen atoms in total. The van der Waals surface area contributed by atoms with E-state index in [0.717, 1.165) is 38.2 Å². The van der Waals surface area contributed by atoms with Crippen LogP contribution in [0.25, 0.3) is 0 Å². The number of rotatable bonds is 2. The fourth-order valence-corrected chi connectivity index (χ4v) is 2.68. The second-order valence-electron chi connectivity index (χ2n) is 4.88. The number of hydrogen-bond donors (Lipinski definition) is 0. The van der Waals surface area contributed by atoms with Crippen molar-refractivity contribution < 1.29 is 14.2 Å². The second-order valence-corrected chi connectivity index (χ2v) is 5.27. The van der Waals surface area contributed by atoms with Crippen LogP contribution >= 0.6 is 11.6 Å². The Balaban J connectivity index is 1.64. The Hall–Kier alpha value is -0.840. The molecule has 2 unspecified atom stereocenters. The van der Waals surface area contributed by atoms with Crippen molar-refractivity contribution in [3.63, 3.8) is 0 Å². The van der Waals surface area contributed by atoms with Gasteiger partial charge in [-0.25, -0.2) is 4.98 Å². The summed E-state index contributed by atoms with van der Waals surface area (Å²) in [5.41, 5.74) is -0.122. The minimum absolute atomic E-state index is 0.122. The number of halogens is 1. The summed E-state index contributed by atoms with van der Waals surface area (Å²) in [5, 5.41) is 0.481. The molecule has 0 N–H and O–H groups in total. The lowest BCUT2D eigenvalue weighted by molar-refractivity contribution is -0.112. The first-order valence-electron chi connectivity index (χ1n) is 6.26. The molecule has 2 fully saturated rings. The number of ether oxygens (including phenoxy) is 3. The van der Waals surface area contributed by atoms with E-state index < -0.39 is 0 Å². The van der Waals surface area contributed by atoms with E-state index in [4.69, 9.17) is 25.8 Å². The van der Waals surface area contributed by atoms with E-state index in [9.17, 15) is 0 Å². The Labute approximate surface area is 111 Å². The molecule has 2 saturated heterocycles. The fraction of sp³-hybridized carbons (Fsp3) is 0.615. The highest BCUT2D eigenvalue weighted by molar-refractivity contribution is 6.29. The molecule has 2 atom stereocenters. The standard InChI is InChI=1S/C13H16ClNO3/c14-12-2-1-11(8-15-12)18-10-3-5-17-13(7-10)4-6-16-9-13/h1-2,8,10H,3-7,9H2. The fourth-order valence-electron chi connectivity index (χ4n) is 2.57. The predicted molar refractivity (Wildman–Crippen MR) is 67.0 cm³/mol. The van der Waals surface area contributed by atoms with Crippen molar-refractivity contribution in [1.29, 1.82) is 0 Å². The number of pyridine rings is 1. The van der Waals surface area contributed by atoms with Crippen molar-refractivity contribution in [2.24, 2.45) is 0 Å². The molecule has 0 aromatic carbocycles. The normalized spacial score (nSPS) is 31.7. The number of nitrogens with zero attached hydrogens (tertiary/aromatic N) is 1. The van der Waals surface area contributed by atoms with Crippen LogP contribution in [-0.4, -0.2) is 36.5 Å². The van der Waals surface area contributed by atoms with E-state index in [1.165, 1.54) is 0 Å². The zero-order valence-corrected chi connectivity index (χ0v) is 10.9. The molecule has 5 heteroatoms. The van der Waals surface area contributed by atoms with Gasteiger partial charge in [0, 0.05) is 25.9 Å². The summed E-state index contributed by atoms with van der Waals surface area (Å²) in [6, 6.07) is 3.59. The molecular weight excluding hydrogens is 254 g/mol. The van der Waals surface area contributed by atoms with E-state index in [-0.39, 0.29) is 11.7 Å². The summed E-state index contributed by atoms with van der Waals surface area (Å²) < 4.78 is 17.3. The molecule has 1 aromatic rings. The van der Waals surface area contributed by atoms with Crippen molar-refractivity contribution in [2.45, 2.75) is 31.0 Å². The largest absolute Gasteiger partial charge is 0.489 e. The monoisotopic (exact) mass is 269 g/mol. The SMILES string of the molecule is Clc1ccc(OC2CCOC3(CCOC3)C2)cn1. The van der Waals surface area contributed by atoms with Crippen LogP contribution in [0.5, 0.6) is 5.75 Å². The van der Waals surface area contributed by atoms with Crippen LogP contribution in [-0.2, 0) is 9.47 Å². The van der Waals surface area contributed by atoms with Gasteiger partial charge in [-0.15, -0.1) is 0 Å². The van der Waals surface area contributed by atoms with E-state index in [1.54, 1.807) is 12.3 Å². The molecule has 18 heavy (non-hydrogen) atoms. The van der Waals surface area contributed by atoms with Crippen LogP contribution in [0.1, 0.15) is 19.3 Å². The average molecular weight is 270 g/mol. The van der Waals surface area contributed by atoms with Gasteiger partial charge in [-0.1, -0.05) is 11.6 Å². The Morgan fingerprint density at radius 1 is 1.39 bits per heavy atom. The lowest BCUT2D eigenvalue weighted by atomic mass is 9.91. The summed E-state index contributed by atoms with van der Waals surface area (Å²) in [7, 11) is 0. The van der Waals surface area contributed by atoms with E-state index in [2.05, 4.69) is 4.98 Å². The van der Waals surface area contributed by atoms with Gasteiger partial charge in [0.1, 0.15) is 17.0 Å². The molecule has 1 spiro atoms. The Morgan fingerprint density at radius 2 is 2.33 bits per heavy atom. The smallest absolute Gasteiger partial charge is 0.138 e. The number of aromatic nitrogens is 1. The van der Waals surface area contributed by atoms with Crippen molar-refractivity contribution in [3.8, 4) is 5.75 Å². The van der Waals surface area contributed by atoms with Crippen molar-refractivity contribution in [3.05, 3.63) is 23.5 Å². The van der Waals surface area contributed by atoms with E-state index in [1.807, 2.05) is 6.07 Å². The molecule has 2 aliphatic rings. The molecule has 98 valence electrons. The minimum Gasteiger partial charge on any atom is -0.489 e. The lowest BCUT2D eigenvalue weighted by Crippen LogP contribution is -2.44. The summed E-state index contributed by atoms with van der Waals surface area (Å²) in [4.78, 5) is 4.02. The van der Waals surface area contributed by atoms with Crippen molar-refractivity contribution >= 4 is 11.6 Å². The Kier molecular flexibility index (Phi) is 3.41. The predicted octanol–water partition coefficient (Wildman–Crippen LogP) is 2.45. The summed E-state index contributed by atoms with van der Waals surface area (Å²) >= 11 is 5.75. The van der Waals surface area contributed by atoms with Crippen molar-refractivity contribution in [2.75, 3.05) is 19.8 Å². The van der Waals surface area contributed by atoms with E-state index >= 15 is 0 Å². The topological polar surface area (TPSA) is 40.6 Å². The maximum atomic E-state index is 5.94. The van der Waals surface area contributed by atoms with Gasteiger partial charge in [0.05, 0.1) is 25.0 Å². The molecule has 0 saturated carbocycles. The maximum Gasteiger partial charge on any atom is 0.138 e. The third kappa shape index (κ3) is 2.60. The molecular formula is C13H16ClNO3. The summed E-state index contributed by atoms with van der Waals surface area (Å²) in [6.45, 7) is 2.20. The zero-order chi connectivity index (χ0) is 12.4. The highest BCUT2D eigenvalue weighted by Crippen LogP contribution is 2.34. The van der Waals surface area contributed by atoms with Gasteiger partial charge < -0.3 is 14.2 Å². The highest BCUT2D eigenvalue weighted by atomic mass is 35.5. The van der Waals surface area contributed by atoms with Crippen LogP contribution in [0.15, 0.2) is 18.3 Å². The van der Waals surface area contributed by atoms with Crippen LogP contribution in [0.2, 0.25) is 5.15 Å². The quantitative estimate of drug-likeness (QED) is 0.774. The van der Waals surface area contributed by atoms with Gasteiger partial charge in [-0.3, -0.25) is 0 Å². The highest BCUT2D eigenvalue weighted by Gasteiger charge is 2.41. The van der Waals surface area contributed by atoms with Gasteiger partial charge in [-0.05, 0) is 12.1 Å². The molecule has 2 aliphatic heterocycles. The van der Waals surface area contributed by atoms with Gasteiger partial charge >= 0.3 is 0 Å². The lowest BCUT2D eigenvalue weighted by Gasteiger charge is -2.36. The molecule has 3 rings (SSSR count).